The molecule has 2 aliphatic heterocycles. The van der Waals surface area contributed by atoms with Gasteiger partial charge in [0.2, 0.25) is 0 Å². The minimum atomic E-state index is -4.43. The van der Waals surface area contributed by atoms with Gasteiger partial charge in [-0.15, -0.1) is 11.3 Å². The summed E-state index contributed by atoms with van der Waals surface area (Å²) in [7, 11) is 0. The number of piperidine rings is 1. The normalized spacial score (nSPS) is 23.5. The van der Waals surface area contributed by atoms with Gasteiger partial charge in [-0.25, -0.2) is 9.59 Å². The molecular weight excluding hydrogens is 481 g/mol. The van der Waals surface area contributed by atoms with E-state index in [1.807, 2.05) is 27.7 Å². The molecule has 2 saturated heterocycles. The quantitative estimate of drug-likeness (QED) is 0.560. The Balaban J connectivity index is 1.59. The van der Waals surface area contributed by atoms with Crippen LogP contribution in [0.3, 0.4) is 0 Å². The number of halogens is 3. The maximum Gasteiger partial charge on any atom is 0.416 e. The van der Waals surface area contributed by atoms with Crippen molar-refractivity contribution in [2.75, 3.05) is 13.1 Å². The molecular formula is C24H29F3N4O3S. The number of hydrogen-bond donors (Lipinski definition) is 1. The van der Waals surface area contributed by atoms with Gasteiger partial charge >= 0.3 is 18.3 Å². The van der Waals surface area contributed by atoms with Crippen LogP contribution in [0.25, 0.3) is 5.69 Å². The highest BCUT2D eigenvalue weighted by Crippen LogP contribution is 2.40. The van der Waals surface area contributed by atoms with Crippen LogP contribution in [0, 0.1) is 18.3 Å². The van der Waals surface area contributed by atoms with Crippen molar-refractivity contribution in [3.8, 4) is 5.69 Å². The Labute approximate surface area is 205 Å². The molecule has 0 saturated carbocycles. The summed E-state index contributed by atoms with van der Waals surface area (Å²) in [6.45, 7) is 8.62. The minimum Gasteiger partial charge on any atom is -0.465 e. The molecule has 4 rings (SSSR count). The fraction of sp³-hybridized carbons (Fsp3) is 0.542. The number of aromatic nitrogens is 1. The van der Waals surface area contributed by atoms with Crippen LogP contribution in [0.1, 0.15) is 44.1 Å². The van der Waals surface area contributed by atoms with E-state index < -0.39 is 23.9 Å². The molecule has 11 heteroatoms. The first-order valence-electron chi connectivity index (χ1n) is 11.5. The molecule has 3 atom stereocenters. The molecule has 190 valence electrons. The van der Waals surface area contributed by atoms with Crippen LogP contribution < -0.4 is 4.80 Å². The minimum absolute atomic E-state index is 0.0518. The highest BCUT2D eigenvalue weighted by Gasteiger charge is 2.49. The van der Waals surface area contributed by atoms with Gasteiger partial charge < -0.3 is 10.0 Å². The van der Waals surface area contributed by atoms with Crippen molar-refractivity contribution in [1.29, 1.82) is 0 Å². The fourth-order valence-electron chi connectivity index (χ4n) is 5.16. The van der Waals surface area contributed by atoms with Crippen LogP contribution in [-0.2, 0) is 6.18 Å². The lowest BCUT2D eigenvalue weighted by Crippen LogP contribution is -2.57. The number of thiazole rings is 1. The molecule has 2 aliphatic rings. The summed E-state index contributed by atoms with van der Waals surface area (Å²) in [5, 5.41) is 9.94. The SMILES string of the molecule is Cc1cn(-c2ccc(C(F)(F)F)cc2)c(=NC(=O)N2CC3CCC(C(C)(C)C)N(C(=O)O)C3C2)s1. The van der Waals surface area contributed by atoms with Crippen molar-refractivity contribution in [2.45, 2.75) is 58.8 Å². The topological polar surface area (TPSA) is 78.1 Å². The second-order valence-electron chi connectivity index (χ2n) is 10.3. The third kappa shape index (κ3) is 5.10. The summed E-state index contributed by atoms with van der Waals surface area (Å²) in [6, 6.07) is 3.81. The molecule has 0 radical (unpaired) electrons. The number of carbonyl (C=O) groups excluding carboxylic acids is 1. The van der Waals surface area contributed by atoms with Crippen LogP contribution in [0.4, 0.5) is 22.8 Å². The molecule has 35 heavy (non-hydrogen) atoms. The number of aryl methyl sites for hydroxylation is 1. The number of hydrogen-bond acceptors (Lipinski definition) is 3. The first-order valence-corrected chi connectivity index (χ1v) is 12.3. The summed E-state index contributed by atoms with van der Waals surface area (Å²) in [6.07, 6.45) is -2.10. The van der Waals surface area contributed by atoms with Gasteiger partial charge in [0.15, 0.2) is 4.80 Å². The monoisotopic (exact) mass is 510 g/mol. The lowest BCUT2D eigenvalue weighted by atomic mass is 9.76. The zero-order valence-electron chi connectivity index (χ0n) is 20.0. The number of carboxylic acid groups (broad SMARTS) is 1. The largest absolute Gasteiger partial charge is 0.465 e. The molecule has 0 spiro atoms. The maximum atomic E-state index is 13.1. The second-order valence-corrected chi connectivity index (χ2v) is 11.5. The Hall–Kier alpha value is -2.82. The van der Waals surface area contributed by atoms with Crippen molar-refractivity contribution in [2.24, 2.45) is 16.3 Å². The molecule has 3 unspecified atom stereocenters. The van der Waals surface area contributed by atoms with E-state index in [9.17, 15) is 27.9 Å². The van der Waals surface area contributed by atoms with Gasteiger partial charge in [0.1, 0.15) is 0 Å². The highest BCUT2D eigenvalue weighted by molar-refractivity contribution is 7.09. The lowest BCUT2D eigenvalue weighted by Gasteiger charge is -2.47. The number of urea groups is 1. The first kappa shape index (κ1) is 25.3. The first-order chi connectivity index (χ1) is 16.3. The van der Waals surface area contributed by atoms with E-state index in [0.717, 1.165) is 29.9 Å². The molecule has 2 aromatic rings. The van der Waals surface area contributed by atoms with E-state index in [4.69, 9.17) is 0 Å². The molecule has 3 heterocycles. The van der Waals surface area contributed by atoms with Crippen LogP contribution >= 0.6 is 11.3 Å². The van der Waals surface area contributed by atoms with Gasteiger partial charge in [-0.2, -0.15) is 18.2 Å². The van der Waals surface area contributed by atoms with Gasteiger partial charge in [-0.1, -0.05) is 20.8 Å². The summed E-state index contributed by atoms with van der Waals surface area (Å²) in [4.78, 5) is 33.9. The third-order valence-corrected chi connectivity index (χ3v) is 7.73. The van der Waals surface area contributed by atoms with E-state index in [1.165, 1.54) is 28.4 Å². The van der Waals surface area contributed by atoms with Crippen LogP contribution in [0.2, 0.25) is 0 Å². The summed E-state index contributed by atoms with van der Waals surface area (Å²) < 4.78 is 40.4. The van der Waals surface area contributed by atoms with Crippen LogP contribution in [-0.4, -0.2) is 56.8 Å². The molecule has 1 aromatic carbocycles. The van der Waals surface area contributed by atoms with E-state index in [-0.39, 0.29) is 30.0 Å². The highest BCUT2D eigenvalue weighted by atomic mass is 32.1. The van der Waals surface area contributed by atoms with Crippen molar-refractivity contribution in [1.82, 2.24) is 14.4 Å². The lowest BCUT2D eigenvalue weighted by molar-refractivity contribution is -0.137. The molecule has 1 N–H and O–H groups in total. The standard InChI is InChI=1S/C24H29F3N4O3S/c1-14-11-30(17-8-6-16(7-9-17)24(25,26)27)21(35-14)28-20(32)29-12-15-5-10-19(23(2,3)4)31(22(33)34)18(15)13-29/h6-9,11,15,18-19H,5,10,12-13H2,1-4H3,(H,33,34). The smallest absolute Gasteiger partial charge is 0.416 e. The van der Waals surface area contributed by atoms with Gasteiger partial charge in [-0.3, -0.25) is 9.47 Å². The molecule has 7 nitrogen and oxygen atoms in total. The van der Waals surface area contributed by atoms with Gasteiger partial charge in [0.25, 0.3) is 0 Å². The Morgan fingerprint density at radius 1 is 1.09 bits per heavy atom. The number of carbonyl (C=O) groups is 2. The Kier molecular flexibility index (Phi) is 6.50. The summed E-state index contributed by atoms with van der Waals surface area (Å²) >= 11 is 1.26. The van der Waals surface area contributed by atoms with Crippen molar-refractivity contribution < 1.29 is 27.9 Å². The van der Waals surface area contributed by atoms with E-state index in [2.05, 4.69) is 4.99 Å². The summed E-state index contributed by atoms with van der Waals surface area (Å²) in [5.41, 5.74) is -0.499. The number of fused-ring (bicyclic) bond motifs is 1. The second kappa shape index (κ2) is 9.00. The molecule has 0 aliphatic carbocycles. The predicted octanol–water partition coefficient (Wildman–Crippen LogP) is 5.38. The summed E-state index contributed by atoms with van der Waals surface area (Å²) in [5.74, 6) is 0.0518. The average molecular weight is 511 g/mol. The maximum absolute atomic E-state index is 13.1. The van der Waals surface area contributed by atoms with Gasteiger partial charge in [0, 0.05) is 35.9 Å². The zero-order valence-corrected chi connectivity index (χ0v) is 20.9. The number of alkyl halides is 3. The number of rotatable bonds is 1. The number of likely N-dealkylation sites (tertiary alicyclic amines) is 2. The van der Waals surface area contributed by atoms with Crippen LogP contribution in [0.15, 0.2) is 35.5 Å². The Morgan fingerprint density at radius 2 is 1.74 bits per heavy atom. The zero-order chi connectivity index (χ0) is 25.7. The van der Waals surface area contributed by atoms with Gasteiger partial charge in [0.05, 0.1) is 11.6 Å². The Morgan fingerprint density at radius 3 is 2.31 bits per heavy atom. The van der Waals surface area contributed by atoms with Crippen molar-refractivity contribution in [3.05, 3.63) is 45.7 Å². The third-order valence-electron chi connectivity index (χ3n) is 6.83. The number of amides is 3. The number of benzene rings is 1. The molecule has 1 aromatic heterocycles. The average Bonchev–Trinajstić information content (AvgIpc) is 3.35. The van der Waals surface area contributed by atoms with E-state index in [0.29, 0.717) is 17.0 Å². The van der Waals surface area contributed by atoms with Gasteiger partial charge in [-0.05, 0) is 55.4 Å². The van der Waals surface area contributed by atoms with Crippen molar-refractivity contribution >= 4 is 23.5 Å². The number of nitrogens with zero attached hydrogens (tertiary/aromatic N) is 4. The van der Waals surface area contributed by atoms with E-state index >= 15 is 0 Å². The van der Waals surface area contributed by atoms with E-state index in [1.54, 1.807) is 15.7 Å². The molecule has 3 amide bonds. The molecule has 0 bridgehead atoms. The van der Waals surface area contributed by atoms with Crippen LogP contribution in [0.5, 0.6) is 0 Å². The fourth-order valence-corrected chi connectivity index (χ4v) is 5.98. The predicted molar refractivity (Wildman–Crippen MR) is 126 cm³/mol. The Bertz CT molecular complexity index is 1180. The molecule has 2 fully saturated rings. The van der Waals surface area contributed by atoms with Crippen molar-refractivity contribution in [3.63, 3.8) is 0 Å².